The van der Waals surface area contributed by atoms with Gasteiger partial charge in [-0.2, -0.15) is 5.10 Å². The Bertz CT molecular complexity index is 384. The van der Waals surface area contributed by atoms with Gasteiger partial charge < -0.3 is 5.11 Å². The average Bonchev–Trinajstić information content (AvgIpc) is 2.41. The van der Waals surface area contributed by atoms with Crippen LogP contribution >= 0.6 is 11.3 Å². The largest absolute Gasteiger partial charge is 0.464 e. The monoisotopic (exact) mass is 213 g/mol. The molecule has 0 fully saturated rings. The van der Waals surface area contributed by atoms with Gasteiger partial charge in [0.05, 0.1) is 21.3 Å². The summed E-state index contributed by atoms with van der Waals surface area (Å²) in [6, 6.07) is 0. The van der Waals surface area contributed by atoms with E-state index in [9.17, 15) is 4.79 Å². The molecule has 1 aromatic heterocycles. The number of amides is 1. The molecule has 6 heteroatoms. The number of nitrogens with one attached hydrogen (secondary N) is 1. The van der Waals surface area contributed by atoms with Crippen LogP contribution < -0.4 is 5.43 Å². The number of hydrazone groups is 1. The van der Waals surface area contributed by atoms with E-state index < -0.39 is 6.09 Å². The van der Waals surface area contributed by atoms with Crippen molar-refractivity contribution in [2.45, 2.75) is 20.8 Å². The number of hydrogen-bond acceptors (Lipinski definition) is 4. The summed E-state index contributed by atoms with van der Waals surface area (Å²) in [7, 11) is 0. The van der Waals surface area contributed by atoms with Crippen LogP contribution in [0.15, 0.2) is 5.10 Å². The highest BCUT2D eigenvalue weighted by atomic mass is 32.1. The zero-order valence-corrected chi connectivity index (χ0v) is 8.97. The van der Waals surface area contributed by atoms with Gasteiger partial charge in [0.2, 0.25) is 0 Å². The van der Waals surface area contributed by atoms with Gasteiger partial charge in [-0.05, 0) is 20.8 Å². The van der Waals surface area contributed by atoms with Gasteiger partial charge in [-0.15, -0.1) is 11.3 Å². The average molecular weight is 213 g/mol. The van der Waals surface area contributed by atoms with Gasteiger partial charge in [0.25, 0.3) is 0 Å². The molecule has 0 saturated carbocycles. The summed E-state index contributed by atoms with van der Waals surface area (Å²) in [6.07, 6.45) is -1.16. The summed E-state index contributed by atoms with van der Waals surface area (Å²) in [5.74, 6) is 0. The Morgan fingerprint density at radius 1 is 1.57 bits per heavy atom. The maximum Gasteiger partial charge on any atom is 0.425 e. The van der Waals surface area contributed by atoms with Gasteiger partial charge in [-0.25, -0.2) is 15.2 Å². The molecule has 14 heavy (non-hydrogen) atoms. The van der Waals surface area contributed by atoms with E-state index in [1.807, 2.05) is 19.3 Å². The molecule has 1 aromatic rings. The third-order valence-corrected chi connectivity index (χ3v) is 2.73. The van der Waals surface area contributed by atoms with Crippen molar-refractivity contribution < 1.29 is 9.90 Å². The van der Waals surface area contributed by atoms with Crippen molar-refractivity contribution in [1.82, 2.24) is 10.4 Å². The van der Waals surface area contributed by atoms with Gasteiger partial charge in [0.15, 0.2) is 0 Å². The van der Waals surface area contributed by atoms with Gasteiger partial charge in [0, 0.05) is 0 Å². The molecule has 0 unspecified atom stereocenters. The Morgan fingerprint density at radius 2 is 2.21 bits per heavy atom. The first-order valence-electron chi connectivity index (χ1n) is 3.98. The molecular weight excluding hydrogens is 202 g/mol. The molecule has 76 valence electrons. The van der Waals surface area contributed by atoms with Crippen molar-refractivity contribution in [2.24, 2.45) is 5.10 Å². The second kappa shape index (κ2) is 4.19. The van der Waals surface area contributed by atoms with E-state index in [0.29, 0.717) is 5.71 Å². The lowest BCUT2D eigenvalue weighted by Crippen LogP contribution is -2.15. The minimum atomic E-state index is -1.16. The molecule has 0 aliphatic carbocycles. The van der Waals surface area contributed by atoms with Gasteiger partial charge in [-0.1, -0.05) is 0 Å². The molecule has 0 atom stereocenters. The van der Waals surface area contributed by atoms with Crippen LogP contribution in [0.5, 0.6) is 0 Å². The number of carboxylic acid groups (broad SMARTS) is 1. The van der Waals surface area contributed by atoms with Crippen molar-refractivity contribution in [3.63, 3.8) is 0 Å². The number of hydrogen-bond donors (Lipinski definition) is 2. The topological polar surface area (TPSA) is 74.6 Å². The van der Waals surface area contributed by atoms with Gasteiger partial charge >= 0.3 is 6.09 Å². The normalized spacial score (nSPS) is 11.5. The lowest BCUT2D eigenvalue weighted by molar-refractivity contribution is 0.195. The Hall–Kier alpha value is -1.43. The van der Waals surface area contributed by atoms with Crippen molar-refractivity contribution >= 4 is 23.1 Å². The van der Waals surface area contributed by atoms with Crippen molar-refractivity contribution in [3.05, 3.63) is 15.6 Å². The molecule has 5 nitrogen and oxygen atoms in total. The molecule has 0 radical (unpaired) electrons. The first kappa shape index (κ1) is 10.6. The van der Waals surface area contributed by atoms with E-state index in [1.165, 1.54) is 11.3 Å². The van der Waals surface area contributed by atoms with Crippen LogP contribution in [0.2, 0.25) is 0 Å². The predicted octanol–water partition coefficient (Wildman–Crippen LogP) is 1.75. The first-order valence-corrected chi connectivity index (χ1v) is 4.80. The standard InChI is InChI=1S/C8H11N3O2S/c1-4-7(14-6(3)9-4)5(2)10-11-8(12)13/h11H,1-3H3,(H,12,13)/b10-5-. The summed E-state index contributed by atoms with van der Waals surface area (Å²) in [4.78, 5) is 15.3. The second-order valence-electron chi connectivity index (χ2n) is 2.76. The van der Waals surface area contributed by atoms with Crippen molar-refractivity contribution in [3.8, 4) is 0 Å². The van der Waals surface area contributed by atoms with E-state index in [0.717, 1.165) is 15.6 Å². The van der Waals surface area contributed by atoms with Crippen LogP contribution in [-0.4, -0.2) is 21.9 Å². The molecule has 0 saturated heterocycles. The summed E-state index contributed by atoms with van der Waals surface area (Å²) in [5.41, 5.74) is 3.47. The zero-order valence-electron chi connectivity index (χ0n) is 8.16. The fourth-order valence-electron chi connectivity index (χ4n) is 1.05. The highest BCUT2D eigenvalue weighted by molar-refractivity contribution is 7.13. The van der Waals surface area contributed by atoms with E-state index in [-0.39, 0.29) is 0 Å². The number of nitrogens with zero attached hydrogens (tertiary/aromatic N) is 2. The lowest BCUT2D eigenvalue weighted by Gasteiger charge is -1.96. The Morgan fingerprint density at radius 3 is 2.64 bits per heavy atom. The molecule has 2 N–H and O–H groups in total. The maximum atomic E-state index is 10.2. The number of rotatable bonds is 2. The summed E-state index contributed by atoms with van der Waals surface area (Å²) in [6.45, 7) is 5.52. The first-order chi connectivity index (χ1) is 6.50. The van der Waals surface area contributed by atoms with Crippen LogP contribution in [0.25, 0.3) is 0 Å². The van der Waals surface area contributed by atoms with Crippen LogP contribution in [0, 0.1) is 13.8 Å². The molecule has 1 amide bonds. The minimum absolute atomic E-state index is 0.635. The fraction of sp³-hybridized carbons (Fsp3) is 0.375. The molecule has 0 spiro atoms. The Kier molecular flexibility index (Phi) is 3.19. The second-order valence-corrected chi connectivity index (χ2v) is 3.96. The number of carbonyl (C=O) groups is 1. The van der Waals surface area contributed by atoms with Gasteiger partial charge in [0.1, 0.15) is 0 Å². The minimum Gasteiger partial charge on any atom is -0.464 e. The molecule has 1 heterocycles. The number of thiazole rings is 1. The van der Waals surface area contributed by atoms with Crippen LogP contribution in [-0.2, 0) is 0 Å². The third kappa shape index (κ3) is 2.53. The lowest BCUT2D eigenvalue weighted by atomic mass is 10.3. The zero-order chi connectivity index (χ0) is 10.7. The predicted molar refractivity (Wildman–Crippen MR) is 55.0 cm³/mol. The number of aryl methyl sites for hydroxylation is 2. The van der Waals surface area contributed by atoms with Crippen LogP contribution in [0.3, 0.4) is 0 Å². The molecule has 0 aromatic carbocycles. The molecular formula is C8H11N3O2S. The summed E-state index contributed by atoms with van der Waals surface area (Å²) >= 11 is 1.50. The van der Waals surface area contributed by atoms with Crippen molar-refractivity contribution in [1.29, 1.82) is 0 Å². The Balaban J connectivity index is 2.88. The molecule has 0 bridgehead atoms. The molecule has 0 aliphatic heterocycles. The van der Waals surface area contributed by atoms with E-state index in [2.05, 4.69) is 10.1 Å². The highest BCUT2D eigenvalue weighted by Gasteiger charge is 2.07. The quantitative estimate of drug-likeness (QED) is 0.580. The maximum absolute atomic E-state index is 10.2. The van der Waals surface area contributed by atoms with Crippen LogP contribution in [0.4, 0.5) is 4.79 Å². The third-order valence-electron chi connectivity index (χ3n) is 1.55. The molecule has 0 aliphatic rings. The summed E-state index contributed by atoms with van der Waals surface area (Å²) < 4.78 is 0. The number of aromatic nitrogens is 1. The van der Waals surface area contributed by atoms with E-state index in [4.69, 9.17) is 5.11 Å². The fourth-order valence-corrected chi connectivity index (χ4v) is 1.91. The van der Waals surface area contributed by atoms with E-state index >= 15 is 0 Å². The van der Waals surface area contributed by atoms with Gasteiger partial charge in [-0.3, -0.25) is 0 Å². The van der Waals surface area contributed by atoms with Crippen molar-refractivity contribution in [2.75, 3.05) is 0 Å². The van der Waals surface area contributed by atoms with E-state index in [1.54, 1.807) is 6.92 Å². The SMILES string of the molecule is C/C(=N/NC(=O)O)c1sc(C)nc1C. The highest BCUT2D eigenvalue weighted by Crippen LogP contribution is 2.17. The van der Waals surface area contributed by atoms with Crippen LogP contribution in [0.1, 0.15) is 22.5 Å². The smallest absolute Gasteiger partial charge is 0.425 e. The Labute approximate surface area is 85.5 Å². The molecule has 1 rings (SSSR count). The summed E-state index contributed by atoms with van der Waals surface area (Å²) in [5, 5.41) is 13.0.